The van der Waals surface area contributed by atoms with E-state index in [0.29, 0.717) is 0 Å². The zero-order chi connectivity index (χ0) is 20.1. The van der Waals surface area contributed by atoms with Gasteiger partial charge in [-0.15, -0.1) is 0 Å². The highest BCUT2D eigenvalue weighted by atomic mass is 16.3. The van der Waals surface area contributed by atoms with Gasteiger partial charge in [0.05, 0.1) is 18.6 Å². The Kier molecular flexibility index (Phi) is 5.59. The minimum absolute atomic E-state index is 0.0587. The van der Waals surface area contributed by atoms with Crippen molar-refractivity contribution in [1.29, 1.82) is 0 Å². The van der Waals surface area contributed by atoms with Crippen LogP contribution in [0.5, 0.6) is 0 Å². The number of aromatic nitrogens is 2. The predicted molar refractivity (Wildman–Crippen MR) is 117 cm³/mol. The van der Waals surface area contributed by atoms with Crippen molar-refractivity contribution >= 4 is 0 Å². The fourth-order valence-corrected chi connectivity index (χ4v) is 4.29. The van der Waals surface area contributed by atoms with Crippen LogP contribution in [0.15, 0.2) is 97.3 Å². The minimum atomic E-state index is -0.575. The zero-order valence-corrected chi connectivity index (χ0v) is 16.7. The summed E-state index contributed by atoms with van der Waals surface area (Å²) in [7, 11) is 0. The van der Waals surface area contributed by atoms with E-state index < -0.39 is 5.54 Å². The van der Waals surface area contributed by atoms with Crippen LogP contribution < -0.4 is 0 Å². The van der Waals surface area contributed by atoms with Crippen molar-refractivity contribution in [2.75, 3.05) is 0 Å². The molecule has 0 unspecified atom stereocenters. The third-order valence-corrected chi connectivity index (χ3v) is 5.53. The van der Waals surface area contributed by atoms with Crippen molar-refractivity contribution in [2.45, 2.75) is 31.9 Å². The molecule has 1 N–H and O–H groups in total. The summed E-state index contributed by atoms with van der Waals surface area (Å²) in [6.45, 7) is 2.10. The highest BCUT2D eigenvalue weighted by molar-refractivity contribution is 5.51. The number of aliphatic hydroxyl groups excluding tert-OH is 1. The second-order valence-electron chi connectivity index (χ2n) is 7.22. The summed E-state index contributed by atoms with van der Waals surface area (Å²) in [5, 5.41) is 9.96. The Morgan fingerprint density at radius 3 is 1.59 bits per heavy atom. The molecule has 0 saturated heterocycles. The van der Waals surface area contributed by atoms with E-state index in [1.807, 2.05) is 24.5 Å². The van der Waals surface area contributed by atoms with Crippen LogP contribution in [0.2, 0.25) is 0 Å². The van der Waals surface area contributed by atoms with Crippen LogP contribution in [0.4, 0.5) is 0 Å². The Balaban J connectivity index is 2.14. The zero-order valence-electron chi connectivity index (χ0n) is 16.7. The van der Waals surface area contributed by atoms with Crippen molar-refractivity contribution in [3.05, 3.63) is 125 Å². The molecule has 0 spiro atoms. The van der Waals surface area contributed by atoms with E-state index in [4.69, 9.17) is 0 Å². The summed E-state index contributed by atoms with van der Waals surface area (Å²) in [5.74, 6) is 0. The van der Waals surface area contributed by atoms with E-state index >= 15 is 0 Å². The number of hydrogen-bond donors (Lipinski definition) is 1. The predicted octanol–water partition coefficient (Wildman–Crippen LogP) is 5.17. The number of imidazole rings is 1. The Hall–Kier alpha value is -3.17. The van der Waals surface area contributed by atoms with Gasteiger partial charge in [0.15, 0.2) is 0 Å². The molecule has 0 aliphatic rings. The normalized spacial score (nSPS) is 11.5. The van der Waals surface area contributed by atoms with Gasteiger partial charge in [0.2, 0.25) is 0 Å². The molecule has 0 fully saturated rings. The number of nitrogens with zero attached hydrogens (tertiary/aromatic N) is 2. The van der Waals surface area contributed by atoms with Gasteiger partial charge < -0.3 is 9.67 Å². The Morgan fingerprint density at radius 2 is 1.21 bits per heavy atom. The summed E-state index contributed by atoms with van der Waals surface area (Å²) < 4.78 is 2.27. The molecule has 146 valence electrons. The van der Waals surface area contributed by atoms with E-state index in [-0.39, 0.29) is 6.61 Å². The lowest BCUT2D eigenvalue weighted by Crippen LogP contribution is -2.38. The van der Waals surface area contributed by atoms with Gasteiger partial charge in [0, 0.05) is 5.69 Å². The summed E-state index contributed by atoms with van der Waals surface area (Å²) in [6, 6.07) is 31.7. The van der Waals surface area contributed by atoms with Crippen molar-refractivity contribution in [3.8, 4) is 0 Å². The fraction of sp³-hybridized carbons (Fsp3) is 0.192. The lowest BCUT2D eigenvalue weighted by molar-refractivity contribution is 0.275. The van der Waals surface area contributed by atoms with Gasteiger partial charge in [-0.1, -0.05) is 104 Å². The summed E-state index contributed by atoms with van der Waals surface area (Å²) in [5.41, 5.74) is 4.74. The third kappa shape index (κ3) is 3.28. The lowest BCUT2D eigenvalue weighted by atomic mass is 9.76. The Morgan fingerprint density at radius 1 is 0.759 bits per heavy atom. The molecule has 0 atom stereocenters. The van der Waals surface area contributed by atoms with E-state index in [9.17, 15) is 5.11 Å². The first-order valence-electron chi connectivity index (χ1n) is 10.1. The van der Waals surface area contributed by atoms with Crippen molar-refractivity contribution in [1.82, 2.24) is 9.55 Å². The van der Waals surface area contributed by atoms with Gasteiger partial charge in [-0.3, -0.25) is 0 Å². The van der Waals surface area contributed by atoms with Crippen LogP contribution in [0.3, 0.4) is 0 Å². The topological polar surface area (TPSA) is 38.1 Å². The van der Waals surface area contributed by atoms with Crippen LogP contribution in [0.25, 0.3) is 0 Å². The molecule has 1 heterocycles. The Labute approximate surface area is 172 Å². The van der Waals surface area contributed by atoms with Crippen molar-refractivity contribution < 1.29 is 5.11 Å². The van der Waals surface area contributed by atoms with Crippen LogP contribution in [-0.2, 0) is 18.6 Å². The Bertz CT molecular complexity index is 943. The van der Waals surface area contributed by atoms with Gasteiger partial charge in [-0.05, 0) is 23.1 Å². The summed E-state index contributed by atoms with van der Waals surface area (Å²) >= 11 is 0. The molecule has 3 nitrogen and oxygen atoms in total. The third-order valence-electron chi connectivity index (χ3n) is 5.53. The standard InChI is InChI=1S/C26H26N2O/c1-2-12-25-24(19-29)27-20-28(25)26(21-13-6-3-7-14-21,22-15-8-4-9-16-22)23-17-10-5-11-18-23/h3-11,13-18,20,29H,2,12,19H2,1H3. The molecule has 0 amide bonds. The molecule has 4 aromatic rings. The van der Waals surface area contributed by atoms with Crippen LogP contribution in [0.1, 0.15) is 41.4 Å². The molecule has 29 heavy (non-hydrogen) atoms. The molecule has 0 saturated carbocycles. The smallest absolute Gasteiger partial charge is 0.121 e. The van der Waals surface area contributed by atoms with E-state index in [0.717, 1.165) is 40.9 Å². The lowest BCUT2D eigenvalue weighted by Gasteiger charge is -2.38. The average Bonchev–Trinajstić information content (AvgIpc) is 3.20. The first-order valence-corrected chi connectivity index (χ1v) is 10.1. The van der Waals surface area contributed by atoms with E-state index in [2.05, 4.69) is 89.3 Å². The minimum Gasteiger partial charge on any atom is -0.390 e. The number of benzene rings is 3. The second kappa shape index (κ2) is 8.46. The van der Waals surface area contributed by atoms with Gasteiger partial charge >= 0.3 is 0 Å². The maximum atomic E-state index is 9.96. The molecule has 0 aliphatic heterocycles. The molecule has 3 aromatic carbocycles. The molecule has 0 radical (unpaired) electrons. The van der Waals surface area contributed by atoms with Crippen LogP contribution >= 0.6 is 0 Å². The maximum absolute atomic E-state index is 9.96. The number of rotatable bonds is 7. The van der Waals surface area contributed by atoms with E-state index in [1.54, 1.807) is 0 Å². The molecule has 1 aromatic heterocycles. The first-order chi connectivity index (χ1) is 14.3. The molecule has 4 rings (SSSR count). The largest absolute Gasteiger partial charge is 0.390 e. The highest BCUT2D eigenvalue weighted by Gasteiger charge is 2.40. The summed E-state index contributed by atoms with van der Waals surface area (Å²) in [4.78, 5) is 4.61. The fourth-order valence-electron chi connectivity index (χ4n) is 4.29. The van der Waals surface area contributed by atoms with Gasteiger partial charge in [0.1, 0.15) is 5.54 Å². The quantitative estimate of drug-likeness (QED) is 0.448. The highest BCUT2D eigenvalue weighted by Crippen LogP contribution is 2.42. The van der Waals surface area contributed by atoms with E-state index in [1.165, 1.54) is 0 Å². The number of aliphatic hydroxyl groups is 1. The van der Waals surface area contributed by atoms with Gasteiger partial charge in [0.25, 0.3) is 0 Å². The van der Waals surface area contributed by atoms with Crippen molar-refractivity contribution in [2.24, 2.45) is 0 Å². The van der Waals surface area contributed by atoms with Crippen LogP contribution in [0, 0.1) is 0 Å². The second-order valence-corrected chi connectivity index (χ2v) is 7.22. The molecular formula is C26H26N2O. The van der Waals surface area contributed by atoms with Gasteiger partial charge in [-0.25, -0.2) is 4.98 Å². The van der Waals surface area contributed by atoms with Crippen molar-refractivity contribution in [3.63, 3.8) is 0 Å². The monoisotopic (exact) mass is 382 g/mol. The average molecular weight is 383 g/mol. The SMILES string of the molecule is CCCc1c(CO)ncn1C(c1ccccc1)(c1ccccc1)c1ccccc1. The van der Waals surface area contributed by atoms with Crippen LogP contribution in [-0.4, -0.2) is 14.7 Å². The molecule has 0 aliphatic carbocycles. The first kappa shape index (κ1) is 19.2. The van der Waals surface area contributed by atoms with Gasteiger partial charge in [-0.2, -0.15) is 0 Å². The maximum Gasteiger partial charge on any atom is 0.121 e. The summed E-state index contributed by atoms with van der Waals surface area (Å²) in [6.07, 6.45) is 3.72. The molecule has 3 heteroatoms. The molecular weight excluding hydrogens is 356 g/mol. The number of hydrogen-bond acceptors (Lipinski definition) is 2. The molecule has 0 bridgehead atoms.